The lowest BCUT2D eigenvalue weighted by molar-refractivity contribution is -0.119. The minimum absolute atomic E-state index is 0.120. The standard InChI is InChI=1S/C20H19ClN2O3/c1-25-17-8-6-16(7-9-17)22-13-20(24)23-12-18-10-11-19(26-18)14-2-4-15(21)5-3-14/h2-11,22H,12-13H2,1H3,(H,23,24). The van der Waals surface area contributed by atoms with E-state index in [4.69, 9.17) is 20.8 Å². The van der Waals surface area contributed by atoms with Crippen LogP contribution < -0.4 is 15.4 Å². The van der Waals surface area contributed by atoms with Crippen LogP contribution in [-0.2, 0) is 11.3 Å². The molecule has 0 bridgehead atoms. The van der Waals surface area contributed by atoms with Crippen LogP contribution in [0.5, 0.6) is 5.75 Å². The van der Waals surface area contributed by atoms with Gasteiger partial charge >= 0.3 is 0 Å². The number of nitrogens with one attached hydrogen (secondary N) is 2. The number of rotatable bonds is 7. The van der Waals surface area contributed by atoms with Gasteiger partial charge in [-0.3, -0.25) is 4.79 Å². The number of carbonyl (C=O) groups is 1. The van der Waals surface area contributed by atoms with Crippen molar-refractivity contribution in [3.05, 3.63) is 71.4 Å². The van der Waals surface area contributed by atoms with Crippen molar-refractivity contribution in [3.63, 3.8) is 0 Å². The van der Waals surface area contributed by atoms with Crippen molar-refractivity contribution in [2.75, 3.05) is 19.0 Å². The molecule has 3 rings (SSSR count). The number of anilines is 1. The van der Waals surface area contributed by atoms with Gasteiger partial charge in [-0.15, -0.1) is 0 Å². The number of halogens is 1. The molecule has 0 fully saturated rings. The molecule has 6 heteroatoms. The van der Waals surface area contributed by atoms with Crippen LogP contribution >= 0.6 is 11.6 Å². The highest BCUT2D eigenvalue weighted by atomic mass is 35.5. The molecule has 0 unspecified atom stereocenters. The van der Waals surface area contributed by atoms with Gasteiger partial charge < -0.3 is 19.8 Å². The van der Waals surface area contributed by atoms with Crippen LogP contribution in [-0.4, -0.2) is 19.6 Å². The summed E-state index contributed by atoms with van der Waals surface area (Å²) in [7, 11) is 1.61. The molecule has 5 nitrogen and oxygen atoms in total. The Morgan fingerprint density at radius 2 is 1.77 bits per heavy atom. The molecule has 1 aromatic heterocycles. The van der Waals surface area contributed by atoms with E-state index in [9.17, 15) is 4.79 Å². The number of furan rings is 1. The second kappa shape index (κ2) is 8.45. The molecule has 0 atom stereocenters. The Hall–Kier alpha value is -2.92. The average Bonchev–Trinajstić information content (AvgIpc) is 3.14. The fourth-order valence-electron chi connectivity index (χ4n) is 2.38. The van der Waals surface area contributed by atoms with E-state index in [-0.39, 0.29) is 12.5 Å². The zero-order chi connectivity index (χ0) is 18.4. The molecule has 3 aromatic rings. The Kier molecular flexibility index (Phi) is 5.81. The summed E-state index contributed by atoms with van der Waals surface area (Å²) in [6.07, 6.45) is 0. The molecule has 0 aliphatic heterocycles. The lowest BCUT2D eigenvalue weighted by Gasteiger charge is -2.07. The molecular weight excluding hydrogens is 352 g/mol. The Balaban J connectivity index is 1.47. The van der Waals surface area contributed by atoms with Crippen LogP contribution in [0.25, 0.3) is 11.3 Å². The fourth-order valence-corrected chi connectivity index (χ4v) is 2.51. The average molecular weight is 371 g/mol. The predicted octanol–water partition coefficient (Wildman–Crippen LogP) is 4.34. The number of methoxy groups -OCH3 is 1. The quantitative estimate of drug-likeness (QED) is 0.649. The highest BCUT2D eigenvalue weighted by molar-refractivity contribution is 6.30. The zero-order valence-electron chi connectivity index (χ0n) is 14.3. The largest absolute Gasteiger partial charge is 0.497 e. The fraction of sp³-hybridized carbons (Fsp3) is 0.150. The number of carbonyl (C=O) groups excluding carboxylic acids is 1. The minimum Gasteiger partial charge on any atom is -0.497 e. The first-order valence-electron chi connectivity index (χ1n) is 8.13. The summed E-state index contributed by atoms with van der Waals surface area (Å²) in [6, 6.07) is 18.5. The molecule has 134 valence electrons. The Bertz CT molecular complexity index is 858. The summed E-state index contributed by atoms with van der Waals surface area (Å²) in [5, 5.41) is 6.56. The van der Waals surface area contributed by atoms with Crippen LogP contribution in [0.4, 0.5) is 5.69 Å². The maximum absolute atomic E-state index is 12.0. The molecule has 26 heavy (non-hydrogen) atoms. The Labute approximate surface area is 156 Å². The van der Waals surface area contributed by atoms with Gasteiger partial charge in [0.1, 0.15) is 17.3 Å². The second-order valence-electron chi connectivity index (χ2n) is 5.63. The SMILES string of the molecule is COc1ccc(NCC(=O)NCc2ccc(-c3ccc(Cl)cc3)o2)cc1. The first-order chi connectivity index (χ1) is 12.6. The highest BCUT2D eigenvalue weighted by Crippen LogP contribution is 2.23. The molecule has 0 saturated heterocycles. The minimum atomic E-state index is -0.120. The maximum atomic E-state index is 12.0. The smallest absolute Gasteiger partial charge is 0.239 e. The third-order valence-corrected chi connectivity index (χ3v) is 4.05. The third-order valence-electron chi connectivity index (χ3n) is 3.79. The van der Waals surface area contributed by atoms with Gasteiger partial charge in [-0.1, -0.05) is 11.6 Å². The van der Waals surface area contributed by atoms with Crippen molar-refractivity contribution < 1.29 is 13.9 Å². The topological polar surface area (TPSA) is 63.5 Å². The van der Waals surface area contributed by atoms with E-state index < -0.39 is 0 Å². The molecular formula is C20H19ClN2O3. The predicted molar refractivity (Wildman–Crippen MR) is 102 cm³/mol. The number of amides is 1. The van der Waals surface area contributed by atoms with E-state index >= 15 is 0 Å². The summed E-state index contributed by atoms with van der Waals surface area (Å²) >= 11 is 5.89. The Morgan fingerprint density at radius 1 is 1.04 bits per heavy atom. The van der Waals surface area contributed by atoms with Crippen molar-refractivity contribution in [1.29, 1.82) is 0 Å². The number of hydrogen-bond donors (Lipinski definition) is 2. The summed E-state index contributed by atoms with van der Waals surface area (Å²) in [5.74, 6) is 2.08. The first-order valence-corrected chi connectivity index (χ1v) is 8.51. The van der Waals surface area contributed by atoms with Gasteiger partial charge in [-0.2, -0.15) is 0 Å². The monoisotopic (exact) mass is 370 g/mol. The van der Waals surface area contributed by atoms with Gasteiger partial charge in [0.25, 0.3) is 0 Å². The van der Waals surface area contributed by atoms with Crippen molar-refractivity contribution in [2.24, 2.45) is 0 Å². The number of hydrogen-bond acceptors (Lipinski definition) is 4. The summed E-state index contributed by atoms with van der Waals surface area (Å²) in [6.45, 7) is 0.508. The zero-order valence-corrected chi connectivity index (χ0v) is 15.0. The summed E-state index contributed by atoms with van der Waals surface area (Å²) in [5.41, 5.74) is 1.79. The van der Waals surface area contributed by atoms with Gasteiger partial charge in [0, 0.05) is 16.3 Å². The normalized spacial score (nSPS) is 10.4. The van der Waals surface area contributed by atoms with Crippen LogP contribution in [0.1, 0.15) is 5.76 Å². The molecule has 1 heterocycles. The summed E-state index contributed by atoms with van der Waals surface area (Å²) < 4.78 is 10.9. The molecule has 0 radical (unpaired) electrons. The molecule has 1 amide bonds. The molecule has 0 spiro atoms. The van der Waals surface area contributed by atoms with E-state index in [1.165, 1.54) is 0 Å². The van der Waals surface area contributed by atoms with E-state index in [1.54, 1.807) is 7.11 Å². The van der Waals surface area contributed by atoms with Crippen molar-refractivity contribution in [1.82, 2.24) is 5.32 Å². The van der Waals surface area contributed by atoms with Crippen LogP contribution in [0.3, 0.4) is 0 Å². The van der Waals surface area contributed by atoms with Crippen molar-refractivity contribution in [2.45, 2.75) is 6.54 Å². The molecule has 2 N–H and O–H groups in total. The molecule has 0 saturated carbocycles. The Morgan fingerprint density at radius 3 is 2.46 bits per heavy atom. The molecule has 0 aliphatic rings. The van der Waals surface area contributed by atoms with Crippen LogP contribution in [0.15, 0.2) is 65.1 Å². The van der Waals surface area contributed by atoms with E-state index in [0.29, 0.717) is 17.3 Å². The lowest BCUT2D eigenvalue weighted by atomic mass is 10.2. The van der Waals surface area contributed by atoms with Gasteiger partial charge in [0.05, 0.1) is 20.2 Å². The number of ether oxygens (including phenoxy) is 1. The van der Waals surface area contributed by atoms with E-state index in [0.717, 1.165) is 22.8 Å². The number of benzene rings is 2. The van der Waals surface area contributed by atoms with Gasteiger partial charge in [0.2, 0.25) is 5.91 Å². The van der Waals surface area contributed by atoms with E-state index in [1.807, 2.05) is 60.7 Å². The van der Waals surface area contributed by atoms with Gasteiger partial charge in [-0.25, -0.2) is 0 Å². The summed E-state index contributed by atoms with van der Waals surface area (Å²) in [4.78, 5) is 12.0. The van der Waals surface area contributed by atoms with Crippen LogP contribution in [0, 0.1) is 0 Å². The van der Waals surface area contributed by atoms with Gasteiger partial charge in [-0.05, 0) is 60.7 Å². The van der Waals surface area contributed by atoms with Crippen LogP contribution in [0.2, 0.25) is 5.02 Å². The lowest BCUT2D eigenvalue weighted by Crippen LogP contribution is -2.29. The van der Waals surface area contributed by atoms with Crippen molar-refractivity contribution in [3.8, 4) is 17.1 Å². The second-order valence-corrected chi connectivity index (χ2v) is 6.07. The highest BCUT2D eigenvalue weighted by Gasteiger charge is 2.07. The van der Waals surface area contributed by atoms with E-state index in [2.05, 4.69) is 10.6 Å². The van der Waals surface area contributed by atoms with Gasteiger partial charge in [0.15, 0.2) is 0 Å². The maximum Gasteiger partial charge on any atom is 0.239 e. The first kappa shape index (κ1) is 17.9. The molecule has 2 aromatic carbocycles. The third kappa shape index (κ3) is 4.80. The van der Waals surface area contributed by atoms with Crippen molar-refractivity contribution >= 4 is 23.2 Å². The molecule has 0 aliphatic carbocycles.